The molecule has 14 heteroatoms. The number of nitrogens with one attached hydrogen (secondary N) is 2. The van der Waals surface area contributed by atoms with Gasteiger partial charge >= 0.3 is 6.36 Å². The van der Waals surface area contributed by atoms with Gasteiger partial charge in [-0.05, 0) is 38.5 Å². The fourth-order valence-corrected chi connectivity index (χ4v) is 5.80. The van der Waals surface area contributed by atoms with Crippen molar-refractivity contribution in [1.82, 2.24) is 19.5 Å². The van der Waals surface area contributed by atoms with E-state index >= 15 is 0 Å². The molecule has 3 aromatic rings. The molecule has 4 N–H and O–H groups in total. The molecule has 1 aromatic carbocycles. The number of imidazole rings is 1. The number of nitrogens with zero attached hydrogens (tertiary/aromatic N) is 4. The molecule has 2 fully saturated rings. The molecule has 0 spiro atoms. The highest BCUT2D eigenvalue weighted by atomic mass is 35.5. The predicted molar refractivity (Wildman–Crippen MR) is 138 cm³/mol. The number of carbonyl (C=O) groups excluding carboxylic acids is 1. The Morgan fingerprint density at radius 3 is 2.32 bits per heavy atom. The van der Waals surface area contributed by atoms with Gasteiger partial charge in [-0.3, -0.25) is 9.36 Å². The van der Waals surface area contributed by atoms with Crippen LogP contribution >= 0.6 is 23.2 Å². The van der Waals surface area contributed by atoms with Crippen LogP contribution in [0.15, 0.2) is 18.3 Å². The van der Waals surface area contributed by atoms with E-state index < -0.39 is 12.1 Å². The molecule has 0 bridgehead atoms. The predicted octanol–water partition coefficient (Wildman–Crippen LogP) is 6.35. The van der Waals surface area contributed by atoms with E-state index in [1.807, 2.05) is 4.57 Å². The van der Waals surface area contributed by atoms with E-state index in [0.717, 1.165) is 37.8 Å². The maximum atomic E-state index is 12.7. The van der Waals surface area contributed by atoms with Crippen LogP contribution in [-0.4, -0.2) is 37.8 Å². The van der Waals surface area contributed by atoms with Crippen LogP contribution in [0.4, 0.5) is 30.8 Å². The number of alkyl halides is 3. The highest BCUT2D eigenvalue weighted by Gasteiger charge is 2.32. The Kier molecular flexibility index (Phi) is 7.45. The van der Waals surface area contributed by atoms with Crippen LogP contribution in [0.3, 0.4) is 0 Å². The van der Waals surface area contributed by atoms with Gasteiger partial charge in [-0.25, -0.2) is 9.97 Å². The van der Waals surface area contributed by atoms with Gasteiger partial charge < -0.3 is 21.1 Å². The summed E-state index contributed by atoms with van der Waals surface area (Å²) in [5.41, 5.74) is 6.79. The third-order valence-electron chi connectivity index (χ3n) is 7.07. The van der Waals surface area contributed by atoms with Crippen molar-refractivity contribution in [2.75, 3.05) is 10.6 Å². The van der Waals surface area contributed by atoms with E-state index in [1.54, 1.807) is 6.20 Å². The Balaban J connectivity index is 1.51. The summed E-state index contributed by atoms with van der Waals surface area (Å²) < 4.78 is 43.9. The normalized spacial score (nSPS) is 20.6. The van der Waals surface area contributed by atoms with Gasteiger partial charge in [0.15, 0.2) is 5.65 Å². The van der Waals surface area contributed by atoms with Gasteiger partial charge in [0.25, 0.3) is 0 Å². The zero-order valence-corrected chi connectivity index (χ0v) is 21.7. The molecule has 2 aliphatic carbocycles. The van der Waals surface area contributed by atoms with E-state index in [9.17, 15) is 18.0 Å². The van der Waals surface area contributed by atoms with Crippen molar-refractivity contribution in [2.24, 2.45) is 11.7 Å². The van der Waals surface area contributed by atoms with Crippen molar-refractivity contribution in [3.05, 3.63) is 28.4 Å². The van der Waals surface area contributed by atoms with Crippen LogP contribution in [0.25, 0.3) is 11.2 Å². The number of rotatable bonds is 7. The van der Waals surface area contributed by atoms with Crippen LogP contribution < -0.4 is 21.1 Å². The van der Waals surface area contributed by atoms with Crippen molar-refractivity contribution in [2.45, 2.75) is 69.8 Å². The second kappa shape index (κ2) is 10.6. The van der Waals surface area contributed by atoms with Crippen LogP contribution in [0.2, 0.25) is 10.0 Å². The maximum absolute atomic E-state index is 12.7. The van der Waals surface area contributed by atoms with Crippen molar-refractivity contribution in [3.63, 3.8) is 0 Å². The largest absolute Gasteiger partial charge is 0.573 e. The lowest BCUT2D eigenvalue weighted by Gasteiger charge is -2.29. The van der Waals surface area contributed by atoms with E-state index in [2.05, 4.69) is 25.3 Å². The average molecular weight is 572 g/mol. The summed E-state index contributed by atoms with van der Waals surface area (Å²) in [6.07, 6.45) is 3.69. The van der Waals surface area contributed by atoms with Gasteiger partial charge in [-0.1, -0.05) is 36.0 Å². The number of halogens is 5. The summed E-state index contributed by atoms with van der Waals surface area (Å²) in [6.45, 7) is 0. The minimum Gasteiger partial charge on any atom is -0.406 e. The summed E-state index contributed by atoms with van der Waals surface area (Å²) in [4.78, 5) is 25.6. The Labute approximate surface area is 226 Å². The number of hydrogen-bond donors (Lipinski definition) is 3. The SMILES string of the molecule is NC(=O)[C@H]1CC[C@@H](n2c(Nc3c(Cl)cc(OC(F)(F)F)cc3Cl)nc3cnc(NC4CCCC4)nc32)CC1. The molecule has 2 saturated carbocycles. The zero-order valence-electron chi connectivity index (χ0n) is 20.2. The van der Waals surface area contributed by atoms with Gasteiger partial charge in [0, 0.05) is 30.1 Å². The molecule has 2 aliphatic rings. The molecule has 0 saturated heterocycles. The number of primary amides is 1. The first-order valence-corrected chi connectivity index (χ1v) is 13.2. The summed E-state index contributed by atoms with van der Waals surface area (Å²) in [7, 11) is 0. The lowest BCUT2D eigenvalue weighted by molar-refractivity contribution is -0.274. The first-order chi connectivity index (χ1) is 18.1. The standard InChI is InChI=1S/C24H26Cl2F3N7O2/c25-16-9-15(38-24(27,28)29)10-17(26)19(16)34-23-33-18-11-31-22(32-13-3-1-2-4-13)35-21(18)36(23)14-7-5-12(6-8-14)20(30)37/h9-14H,1-8H2,(H2,30,37)(H,33,34)(H,31,32,35)/t12-,14+. The van der Waals surface area contributed by atoms with E-state index in [4.69, 9.17) is 33.9 Å². The fraction of sp³-hybridized carbons (Fsp3) is 0.500. The summed E-state index contributed by atoms with van der Waals surface area (Å²) >= 11 is 12.6. The number of aromatic nitrogens is 4. The first-order valence-electron chi connectivity index (χ1n) is 12.4. The Bertz CT molecular complexity index is 1310. The number of carbonyl (C=O) groups is 1. The Morgan fingerprint density at radius 1 is 1.05 bits per heavy atom. The molecule has 9 nitrogen and oxygen atoms in total. The number of nitrogens with two attached hydrogens (primary N) is 1. The molecule has 204 valence electrons. The summed E-state index contributed by atoms with van der Waals surface area (Å²) in [5.74, 6) is -0.209. The van der Waals surface area contributed by atoms with E-state index in [1.165, 1.54) is 0 Å². The topological polar surface area (TPSA) is 120 Å². The van der Waals surface area contributed by atoms with Gasteiger partial charge in [0.1, 0.15) is 11.3 Å². The minimum atomic E-state index is -4.89. The molecule has 0 unspecified atom stereocenters. The zero-order chi connectivity index (χ0) is 27.0. The molecule has 5 rings (SSSR count). The van der Waals surface area contributed by atoms with Gasteiger partial charge in [0.05, 0.1) is 21.9 Å². The van der Waals surface area contributed by atoms with Crippen molar-refractivity contribution in [3.8, 4) is 5.75 Å². The van der Waals surface area contributed by atoms with Crippen molar-refractivity contribution < 1.29 is 22.7 Å². The summed E-state index contributed by atoms with van der Waals surface area (Å²) in [6, 6.07) is 2.29. The fourth-order valence-electron chi connectivity index (χ4n) is 5.24. The van der Waals surface area contributed by atoms with Gasteiger partial charge in [0.2, 0.25) is 17.8 Å². The maximum Gasteiger partial charge on any atom is 0.573 e. The molecule has 0 aliphatic heterocycles. The third-order valence-corrected chi connectivity index (χ3v) is 7.67. The molecule has 0 atom stereocenters. The third kappa shape index (κ3) is 5.85. The average Bonchev–Trinajstić information content (AvgIpc) is 3.47. The highest BCUT2D eigenvalue weighted by molar-refractivity contribution is 6.39. The van der Waals surface area contributed by atoms with Crippen LogP contribution in [0.5, 0.6) is 5.75 Å². The number of benzene rings is 1. The second-order valence-corrected chi connectivity index (χ2v) is 10.5. The molecule has 2 heterocycles. The van der Waals surface area contributed by atoms with Gasteiger partial charge in [-0.15, -0.1) is 13.2 Å². The number of fused-ring (bicyclic) bond motifs is 1. The molecule has 38 heavy (non-hydrogen) atoms. The van der Waals surface area contributed by atoms with Crippen molar-refractivity contribution >= 4 is 57.9 Å². The molecule has 0 radical (unpaired) electrons. The van der Waals surface area contributed by atoms with Gasteiger partial charge in [-0.2, -0.15) is 4.98 Å². The Hall–Kier alpha value is -2.99. The Morgan fingerprint density at radius 2 is 1.71 bits per heavy atom. The van der Waals surface area contributed by atoms with E-state index in [-0.39, 0.29) is 33.6 Å². The summed E-state index contributed by atoms with van der Waals surface area (Å²) in [5, 5.41) is 6.32. The second-order valence-electron chi connectivity index (χ2n) is 9.68. The first kappa shape index (κ1) is 26.6. The number of anilines is 3. The van der Waals surface area contributed by atoms with Crippen LogP contribution in [0.1, 0.15) is 57.4 Å². The van der Waals surface area contributed by atoms with E-state index in [0.29, 0.717) is 54.8 Å². The lowest BCUT2D eigenvalue weighted by atomic mass is 9.85. The number of ether oxygens (including phenoxy) is 1. The quantitative estimate of drug-likeness (QED) is 0.302. The minimum absolute atomic E-state index is 0.0716. The molecular formula is C24H26Cl2F3N7O2. The monoisotopic (exact) mass is 571 g/mol. The molecule has 1 amide bonds. The highest BCUT2D eigenvalue weighted by Crippen LogP contribution is 2.41. The molecular weight excluding hydrogens is 546 g/mol. The number of hydrogen-bond acceptors (Lipinski definition) is 7. The van der Waals surface area contributed by atoms with Crippen LogP contribution in [-0.2, 0) is 4.79 Å². The lowest BCUT2D eigenvalue weighted by Crippen LogP contribution is -2.28. The van der Waals surface area contributed by atoms with Crippen molar-refractivity contribution in [1.29, 1.82) is 0 Å². The van der Waals surface area contributed by atoms with Crippen LogP contribution in [0, 0.1) is 5.92 Å². The number of amides is 1. The molecule has 2 aromatic heterocycles. The smallest absolute Gasteiger partial charge is 0.406 e.